The fourth-order valence-electron chi connectivity index (χ4n) is 3.06. The lowest BCUT2D eigenvalue weighted by Crippen LogP contribution is -2.36. The molecule has 0 atom stereocenters. The van der Waals surface area contributed by atoms with Crippen molar-refractivity contribution in [1.29, 1.82) is 0 Å². The van der Waals surface area contributed by atoms with E-state index in [1.54, 1.807) is 12.1 Å². The summed E-state index contributed by atoms with van der Waals surface area (Å²) in [5.41, 5.74) is 2.48. The number of benzene rings is 2. The van der Waals surface area contributed by atoms with Crippen LogP contribution in [0.1, 0.15) is 0 Å². The first-order valence-electron chi connectivity index (χ1n) is 9.38. The smallest absolute Gasteiger partial charge is 0.323 e. The van der Waals surface area contributed by atoms with E-state index in [0.717, 1.165) is 24.5 Å². The maximum Gasteiger partial charge on any atom is 0.323 e. The zero-order chi connectivity index (χ0) is 20.9. The lowest BCUT2D eigenvalue weighted by atomic mass is 10.1. The molecule has 0 saturated carbocycles. The predicted molar refractivity (Wildman–Crippen MR) is 115 cm³/mol. The Bertz CT molecular complexity index is 1040. The van der Waals surface area contributed by atoms with Crippen LogP contribution < -0.4 is 15.5 Å². The van der Waals surface area contributed by atoms with Crippen LogP contribution in [0.2, 0.25) is 5.02 Å². The van der Waals surface area contributed by atoms with Gasteiger partial charge in [-0.1, -0.05) is 23.7 Å². The van der Waals surface area contributed by atoms with E-state index >= 15 is 0 Å². The number of aromatic nitrogens is 2. The third kappa shape index (κ3) is 4.84. The molecule has 2 heterocycles. The average molecular weight is 428 g/mol. The van der Waals surface area contributed by atoms with Crippen LogP contribution in [-0.2, 0) is 4.74 Å². The van der Waals surface area contributed by atoms with E-state index in [2.05, 4.69) is 25.7 Å². The Kier molecular flexibility index (Phi) is 6.06. The predicted octanol–water partition coefficient (Wildman–Crippen LogP) is 4.42. The Balaban J connectivity index is 1.43. The summed E-state index contributed by atoms with van der Waals surface area (Å²) < 4.78 is 18.6. The van der Waals surface area contributed by atoms with Crippen LogP contribution in [0.15, 0.2) is 54.6 Å². The molecule has 2 N–H and O–H groups in total. The molecule has 2 aromatic carbocycles. The molecule has 1 aliphatic rings. The van der Waals surface area contributed by atoms with E-state index in [4.69, 9.17) is 16.3 Å². The van der Waals surface area contributed by atoms with Gasteiger partial charge < -0.3 is 20.3 Å². The summed E-state index contributed by atoms with van der Waals surface area (Å²) in [6, 6.07) is 14.6. The van der Waals surface area contributed by atoms with Gasteiger partial charge in [-0.25, -0.2) is 9.18 Å². The maximum atomic E-state index is 13.2. The molecule has 7 nitrogen and oxygen atoms in total. The van der Waals surface area contributed by atoms with Gasteiger partial charge >= 0.3 is 6.03 Å². The van der Waals surface area contributed by atoms with Gasteiger partial charge in [0.1, 0.15) is 5.82 Å². The Morgan fingerprint density at radius 3 is 2.47 bits per heavy atom. The third-order valence-electron chi connectivity index (χ3n) is 4.58. The highest BCUT2D eigenvalue weighted by molar-refractivity contribution is 6.31. The summed E-state index contributed by atoms with van der Waals surface area (Å²) in [5, 5.41) is 13.9. The number of carbonyl (C=O) groups excluding carboxylic acids is 1. The molecule has 9 heteroatoms. The van der Waals surface area contributed by atoms with Crippen molar-refractivity contribution in [1.82, 2.24) is 10.2 Å². The van der Waals surface area contributed by atoms with Gasteiger partial charge in [0.05, 0.1) is 23.9 Å². The van der Waals surface area contributed by atoms with Gasteiger partial charge in [-0.3, -0.25) is 0 Å². The summed E-state index contributed by atoms with van der Waals surface area (Å²) in [4.78, 5) is 14.4. The number of halogens is 2. The molecular formula is C21H19ClFN5O2. The molecule has 0 aliphatic carbocycles. The summed E-state index contributed by atoms with van der Waals surface area (Å²) in [6.07, 6.45) is 0. The van der Waals surface area contributed by atoms with Crippen LogP contribution in [0.5, 0.6) is 0 Å². The van der Waals surface area contributed by atoms with Crippen LogP contribution in [0, 0.1) is 5.82 Å². The number of anilines is 3. The lowest BCUT2D eigenvalue weighted by molar-refractivity contribution is 0.122. The molecular weight excluding hydrogens is 409 g/mol. The van der Waals surface area contributed by atoms with Crippen molar-refractivity contribution in [3.63, 3.8) is 0 Å². The van der Waals surface area contributed by atoms with Crippen molar-refractivity contribution < 1.29 is 13.9 Å². The molecule has 2 amide bonds. The van der Waals surface area contributed by atoms with Crippen molar-refractivity contribution in [2.75, 3.05) is 41.8 Å². The minimum atomic E-state index is -0.545. The number of hydrogen-bond donors (Lipinski definition) is 2. The number of nitrogens with one attached hydrogen (secondary N) is 2. The van der Waals surface area contributed by atoms with Gasteiger partial charge in [0.2, 0.25) is 0 Å². The molecule has 0 bridgehead atoms. The third-order valence-corrected chi connectivity index (χ3v) is 4.87. The molecule has 0 spiro atoms. The van der Waals surface area contributed by atoms with Gasteiger partial charge in [0.15, 0.2) is 5.82 Å². The van der Waals surface area contributed by atoms with Crippen molar-refractivity contribution in [2.45, 2.75) is 0 Å². The second-order valence-electron chi connectivity index (χ2n) is 6.67. The SMILES string of the molecule is O=C(Nc1cccc(-c2ccc(N3CCOCC3)nn2)c1)Nc1ccc(F)c(Cl)c1. The van der Waals surface area contributed by atoms with Gasteiger partial charge in [-0.05, 0) is 42.5 Å². The van der Waals surface area contributed by atoms with Crippen LogP contribution in [0.3, 0.4) is 0 Å². The van der Waals surface area contributed by atoms with Gasteiger partial charge in [0.25, 0.3) is 0 Å². The van der Waals surface area contributed by atoms with E-state index in [1.165, 1.54) is 18.2 Å². The number of urea groups is 1. The monoisotopic (exact) mass is 427 g/mol. The van der Waals surface area contributed by atoms with Crippen LogP contribution in [0.25, 0.3) is 11.3 Å². The second kappa shape index (κ2) is 9.06. The number of rotatable bonds is 4. The molecule has 0 unspecified atom stereocenters. The molecule has 1 fully saturated rings. The van der Waals surface area contributed by atoms with Crippen LogP contribution in [0.4, 0.5) is 26.4 Å². The molecule has 1 aliphatic heterocycles. The molecule has 3 aromatic rings. The van der Waals surface area contributed by atoms with Gasteiger partial charge in [0, 0.05) is 30.0 Å². The van der Waals surface area contributed by atoms with Crippen molar-refractivity contribution in [3.8, 4) is 11.3 Å². The molecule has 30 heavy (non-hydrogen) atoms. The number of ether oxygens (including phenoxy) is 1. The molecule has 1 aromatic heterocycles. The van der Waals surface area contributed by atoms with Crippen LogP contribution in [-0.4, -0.2) is 42.5 Å². The summed E-state index contributed by atoms with van der Waals surface area (Å²) in [5.74, 6) is 0.268. The average Bonchev–Trinajstić information content (AvgIpc) is 2.77. The van der Waals surface area contributed by atoms with Gasteiger partial charge in [-0.2, -0.15) is 0 Å². The first-order chi connectivity index (χ1) is 14.6. The summed E-state index contributed by atoms with van der Waals surface area (Å²) in [6.45, 7) is 2.95. The van der Waals surface area contributed by atoms with Crippen LogP contribution >= 0.6 is 11.6 Å². The molecule has 1 saturated heterocycles. The maximum absolute atomic E-state index is 13.2. The second-order valence-corrected chi connectivity index (χ2v) is 7.07. The van der Waals surface area contributed by atoms with E-state index in [1.807, 2.05) is 24.3 Å². The van der Waals surface area contributed by atoms with Gasteiger partial charge in [-0.15, -0.1) is 10.2 Å². The number of hydrogen-bond acceptors (Lipinski definition) is 5. The largest absolute Gasteiger partial charge is 0.378 e. The fraction of sp³-hybridized carbons (Fsp3) is 0.190. The van der Waals surface area contributed by atoms with Crippen molar-refractivity contribution in [3.05, 3.63) is 65.4 Å². The summed E-state index contributed by atoms with van der Waals surface area (Å²) in [7, 11) is 0. The normalized spacial score (nSPS) is 13.7. The van der Waals surface area contributed by atoms with E-state index in [9.17, 15) is 9.18 Å². The van der Waals surface area contributed by atoms with Crippen molar-refractivity contribution >= 4 is 34.8 Å². The number of nitrogens with zero attached hydrogens (tertiary/aromatic N) is 3. The Hall–Kier alpha value is -3.23. The molecule has 0 radical (unpaired) electrons. The number of morpholine rings is 1. The standard InChI is InChI=1S/C21H19ClFN5O2/c22-17-13-16(4-5-18(17)23)25-21(29)24-15-3-1-2-14(12-15)19-6-7-20(27-26-19)28-8-10-30-11-9-28/h1-7,12-13H,8-11H2,(H2,24,25,29). The van der Waals surface area contributed by atoms with E-state index in [-0.39, 0.29) is 5.02 Å². The topological polar surface area (TPSA) is 79.4 Å². The Morgan fingerprint density at radius 1 is 1.00 bits per heavy atom. The highest BCUT2D eigenvalue weighted by Crippen LogP contribution is 2.23. The first-order valence-corrected chi connectivity index (χ1v) is 9.76. The summed E-state index contributed by atoms with van der Waals surface area (Å²) >= 11 is 5.74. The quantitative estimate of drug-likeness (QED) is 0.644. The van der Waals surface area contributed by atoms with E-state index < -0.39 is 11.8 Å². The lowest BCUT2D eigenvalue weighted by Gasteiger charge is -2.27. The zero-order valence-corrected chi connectivity index (χ0v) is 16.7. The number of amides is 2. The minimum Gasteiger partial charge on any atom is -0.378 e. The fourth-order valence-corrected chi connectivity index (χ4v) is 3.24. The Morgan fingerprint density at radius 2 is 1.77 bits per heavy atom. The first kappa shape index (κ1) is 20.1. The highest BCUT2D eigenvalue weighted by atomic mass is 35.5. The zero-order valence-electron chi connectivity index (χ0n) is 15.9. The molecule has 154 valence electrons. The van der Waals surface area contributed by atoms with Crippen molar-refractivity contribution in [2.24, 2.45) is 0 Å². The van der Waals surface area contributed by atoms with E-state index in [0.29, 0.717) is 30.3 Å². The minimum absolute atomic E-state index is 0.0612. The highest BCUT2D eigenvalue weighted by Gasteiger charge is 2.13. The Labute approximate surface area is 177 Å². The molecule has 4 rings (SSSR count). The number of carbonyl (C=O) groups is 1.